The van der Waals surface area contributed by atoms with Crippen LogP contribution in [0.15, 0.2) is 35.1 Å². The molecular weight excluding hydrogens is 292 g/mol. The molecule has 110 valence electrons. The van der Waals surface area contributed by atoms with Crippen molar-refractivity contribution in [2.24, 2.45) is 0 Å². The van der Waals surface area contributed by atoms with E-state index in [1.54, 1.807) is 32.0 Å². The summed E-state index contributed by atoms with van der Waals surface area (Å²) in [6.45, 7) is 3.68. The largest absolute Gasteiger partial charge is 0.504 e. The van der Waals surface area contributed by atoms with Crippen molar-refractivity contribution in [3.05, 3.63) is 47.5 Å². The number of nitrogens with zero attached hydrogens (tertiary/aromatic N) is 2. The molecule has 0 aliphatic carbocycles. The number of aliphatic hydroxyl groups excluding tert-OH is 1. The summed E-state index contributed by atoms with van der Waals surface area (Å²) in [7, 11) is -3.89. The van der Waals surface area contributed by atoms with Gasteiger partial charge in [0.05, 0.1) is 0 Å². The lowest BCUT2D eigenvalue weighted by Gasteiger charge is -2.27. The second-order valence-electron chi connectivity index (χ2n) is 4.67. The first-order chi connectivity index (χ1) is 9.98. The number of oxazole rings is 1. The van der Waals surface area contributed by atoms with E-state index in [2.05, 4.69) is 4.98 Å². The van der Waals surface area contributed by atoms with Crippen LogP contribution in [0.2, 0.25) is 0 Å². The Morgan fingerprint density at radius 1 is 1.33 bits per heavy atom. The van der Waals surface area contributed by atoms with Crippen LogP contribution in [-0.2, 0) is 10.0 Å². The van der Waals surface area contributed by atoms with Crippen molar-refractivity contribution >= 4 is 26.6 Å². The summed E-state index contributed by atoms with van der Waals surface area (Å²) < 4.78 is 31.8. The molecule has 0 unspecified atom stereocenters. The zero-order valence-electron chi connectivity index (χ0n) is 11.6. The Bertz CT molecular complexity index is 836. The van der Waals surface area contributed by atoms with Crippen LogP contribution in [0.5, 0.6) is 0 Å². The summed E-state index contributed by atoms with van der Waals surface area (Å²) in [6.07, 6.45) is 1.12. The Kier molecular flexibility index (Phi) is 3.02. The maximum Gasteiger partial charge on any atom is 0.271 e. The fourth-order valence-electron chi connectivity index (χ4n) is 2.44. The predicted octanol–water partition coefficient (Wildman–Crippen LogP) is 2.54. The monoisotopic (exact) mass is 306 g/mol. The number of benzene rings is 1. The average molecular weight is 306 g/mol. The standard InChI is InChI=1S/C14H14N2O4S/c1-3-16-14-11(15-8-20-14)12(17)13(21(16,18)19)10-7-5-4-6-9(10)2/h4-8,17H,3H2,1-2H3. The number of rotatable bonds is 2. The van der Waals surface area contributed by atoms with Gasteiger partial charge >= 0.3 is 0 Å². The van der Waals surface area contributed by atoms with E-state index in [9.17, 15) is 13.5 Å². The van der Waals surface area contributed by atoms with Crippen LogP contribution in [0.3, 0.4) is 0 Å². The summed E-state index contributed by atoms with van der Waals surface area (Å²) in [5, 5.41) is 10.4. The normalized spacial score (nSPS) is 17.0. The SMILES string of the molecule is CCN1c2ocnc2C(O)=C(c2ccccc2C)S1(=O)=O. The zero-order valence-corrected chi connectivity index (χ0v) is 12.4. The maximum absolute atomic E-state index is 12.8. The van der Waals surface area contributed by atoms with Gasteiger partial charge in [-0.3, -0.25) is 0 Å². The van der Waals surface area contributed by atoms with Crippen molar-refractivity contribution in [2.75, 3.05) is 10.8 Å². The van der Waals surface area contributed by atoms with Crippen LogP contribution in [0.25, 0.3) is 10.7 Å². The fourth-order valence-corrected chi connectivity index (χ4v) is 4.19. The van der Waals surface area contributed by atoms with E-state index in [1.165, 1.54) is 0 Å². The van der Waals surface area contributed by atoms with Gasteiger partial charge in [-0.2, -0.15) is 0 Å². The lowest BCUT2D eigenvalue weighted by Crippen LogP contribution is -2.34. The summed E-state index contributed by atoms with van der Waals surface area (Å²) in [4.78, 5) is 3.79. The zero-order chi connectivity index (χ0) is 15.2. The Labute approximate surface area is 122 Å². The third kappa shape index (κ3) is 1.84. The number of aromatic nitrogens is 1. The molecule has 2 heterocycles. The van der Waals surface area contributed by atoms with E-state index in [0.29, 0.717) is 5.56 Å². The molecule has 0 spiro atoms. The molecule has 1 aliphatic heterocycles. The van der Waals surface area contributed by atoms with Gasteiger partial charge in [0, 0.05) is 12.1 Å². The minimum atomic E-state index is -3.89. The fraction of sp³-hybridized carbons (Fsp3) is 0.214. The first kappa shape index (κ1) is 13.7. The number of aliphatic hydroxyl groups is 1. The molecule has 1 aliphatic rings. The van der Waals surface area contributed by atoms with Crippen molar-refractivity contribution < 1.29 is 17.9 Å². The second-order valence-corrected chi connectivity index (χ2v) is 6.47. The third-order valence-corrected chi connectivity index (χ3v) is 5.37. The van der Waals surface area contributed by atoms with Gasteiger partial charge in [0.2, 0.25) is 5.88 Å². The Hall–Kier alpha value is -2.28. The van der Waals surface area contributed by atoms with E-state index in [0.717, 1.165) is 16.3 Å². The Morgan fingerprint density at radius 3 is 2.71 bits per heavy atom. The van der Waals surface area contributed by atoms with Gasteiger partial charge in [-0.25, -0.2) is 17.7 Å². The smallest absolute Gasteiger partial charge is 0.271 e. The lowest BCUT2D eigenvalue weighted by molar-refractivity contribution is 0.506. The van der Waals surface area contributed by atoms with Crippen LogP contribution in [-0.4, -0.2) is 25.1 Å². The summed E-state index contributed by atoms with van der Waals surface area (Å²) in [6, 6.07) is 6.99. The van der Waals surface area contributed by atoms with Crippen LogP contribution >= 0.6 is 0 Å². The van der Waals surface area contributed by atoms with Gasteiger partial charge in [0.25, 0.3) is 10.0 Å². The second kappa shape index (κ2) is 4.63. The van der Waals surface area contributed by atoms with E-state index in [1.807, 2.05) is 6.07 Å². The Morgan fingerprint density at radius 2 is 2.05 bits per heavy atom. The van der Waals surface area contributed by atoms with Crippen LogP contribution < -0.4 is 4.31 Å². The molecule has 7 heteroatoms. The van der Waals surface area contributed by atoms with Gasteiger partial charge in [0.15, 0.2) is 17.8 Å². The van der Waals surface area contributed by atoms with E-state index < -0.39 is 10.0 Å². The van der Waals surface area contributed by atoms with Gasteiger partial charge in [-0.15, -0.1) is 0 Å². The molecule has 6 nitrogen and oxygen atoms in total. The molecule has 1 aromatic carbocycles. The van der Waals surface area contributed by atoms with Gasteiger partial charge in [-0.1, -0.05) is 24.3 Å². The number of aryl methyl sites for hydroxylation is 1. The molecule has 2 aromatic rings. The number of sulfonamides is 1. The molecular formula is C14H14N2O4S. The third-order valence-electron chi connectivity index (χ3n) is 3.44. The van der Waals surface area contributed by atoms with Crippen molar-refractivity contribution in [2.45, 2.75) is 13.8 Å². The first-order valence-electron chi connectivity index (χ1n) is 6.44. The number of hydrogen-bond acceptors (Lipinski definition) is 5. The average Bonchev–Trinajstić information content (AvgIpc) is 2.90. The van der Waals surface area contributed by atoms with Crippen molar-refractivity contribution in [1.82, 2.24) is 4.98 Å². The highest BCUT2D eigenvalue weighted by atomic mass is 32.2. The lowest BCUT2D eigenvalue weighted by atomic mass is 10.1. The molecule has 21 heavy (non-hydrogen) atoms. The molecule has 0 saturated heterocycles. The topological polar surface area (TPSA) is 83.6 Å². The van der Waals surface area contributed by atoms with E-state index >= 15 is 0 Å². The summed E-state index contributed by atoms with van der Waals surface area (Å²) in [5.74, 6) is -0.329. The van der Waals surface area contributed by atoms with E-state index in [-0.39, 0.29) is 28.8 Å². The highest BCUT2D eigenvalue weighted by Gasteiger charge is 2.41. The van der Waals surface area contributed by atoms with Gasteiger partial charge in [0.1, 0.15) is 4.91 Å². The van der Waals surface area contributed by atoms with Gasteiger partial charge in [-0.05, 0) is 19.4 Å². The molecule has 1 aromatic heterocycles. The van der Waals surface area contributed by atoms with Crippen LogP contribution in [0, 0.1) is 6.92 Å². The Balaban J connectivity index is 2.38. The van der Waals surface area contributed by atoms with Crippen LogP contribution in [0.4, 0.5) is 5.88 Å². The first-order valence-corrected chi connectivity index (χ1v) is 7.88. The number of fused-ring (bicyclic) bond motifs is 1. The van der Waals surface area contributed by atoms with Gasteiger partial charge < -0.3 is 9.52 Å². The molecule has 0 atom stereocenters. The molecule has 0 saturated carbocycles. The highest BCUT2D eigenvalue weighted by Crippen LogP contribution is 2.42. The maximum atomic E-state index is 12.8. The minimum absolute atomic E-state index is 0.0485. The summed E-state index contributed by atoms with van der Waals surface area (Å²) >= 11 is 0. The molecule has 0 amide bonds. The quantitative estimate of drug-likeness (QED) is 0.921. The molecule has 0 bridgehead atoms. The predicted molar refractivity (Wildman–Crippen MR) is 79.1 cm³/mol. The van der Waals surface area contributed by atoms with Crippen molar-refractivity contribution in [3.63, 3.8) is 0 Å². The number of hydrogen-bond donors (Lipinski definition) is 1. The summed E-state index contributed by atoms with van der Waals surface area (Å²) in [5.41, 5.74) is 1.36. The van der Waals surface area contributed by atoms with Crippen molar-refractivity contribution in [1.29, 1.82) is 0 Å². The van der Waals surface area contributed by atoms with Crippen LogP contribution in [0.1, 0.15) is 23.7 Å². The molecule has 3 rings (SSSR count). The minimum Gasteiger partial charge on any atom is -0.504 e. The highest BCUT2D eigenvalue weighted by molar-refractivity contribution is 8.02. The number of anilines is 1. The molecule has 0 fully saturated rings. The van der Waals surface area contributed by atoms with Crippen molar-refractivity contribution in [3.8, 4) is 0 Å². The molecule has 0 radical (unpaired) electrons. The van der Waals surface area contributed by atoms with E-state index in [4.69, 9.17) is 4.42 Å². The molecule has 1 N–H and O–H groups in total.